The van der Waals surface area contributed by atoms with E-state index in [9.17, 15) is 33.9 Å². The van der Waals surface area contributed by atoms with Crippen molar-refractivity contribution in [1.82, 2.24) is 56.2 Å². The SMILES string of the molecule is CNC(=O)C[C@@H]1NC(=O)c2csc(n2)-c2ccc(-c3nc(NC(=O)OCCO)cs3)nc2-c2csc(n2)-c2csc(n2)[C@H]([C@@H](O)c2ccccc2)NC(=O)CNC(=O)c2nc(sc2COC)[C@@H](C(C)C)CC(=O)c2nc1sc2C. The van der Waals surface area contributed by atoms with Crippen LogP contribution in [0.3, 0.4) is 0 Å². The van der Waals surface area contributed by atoms with E-state index in [4.69, 9.17) is 44.5 Å². The molecule has 28 heteroatoms. The minimum Gasteiger partial charge on any atom is -0.447 e. The van der Waals surface area contributed by atoms with Gasteiger partial charge in [-0.15, -0.1) is 68.0 Å². The van der Waals surface area contributed by atoms with Crippen LogP contribution in [0.5, 0.6) is 0 Å². The Bertz CT molecular complexity index is 3530. The van der Waals surface area contributed by atoms with Crippen LogP contribution >= 0.6 is 68.0 Å². The summed E-state index contributed by atoms with van der Waals surface area (Å²) < 4.78 is 10.4. The molecular formula is C51H50N12O10S6. The van der Waals surface area contributed by atoms with Crippen molar-refractivity contribution in [3.05, 3.63) is 111 Å². The lowest BCUT2D eigenvalue weighted by Crippen LogP contribution is -2.40. The number of Topliss-reactive ketones (excluding diaryl/α,β-unsaturated/α-hetero) is 1. The highest BCUT2D eigenvalue weighted by Gasteiger charge is 2.33. The van der Waals surface area contributed by atoms with Crippen molar-refractivity contribution >= 4 is 109 Å². The maximum Gasteiger partial charge on any atom is 0.412 e. The molecule has 8 aromatic rings. The van der Waals surface area contributed by atoms with Gasteiger partial charge < -0.3 is 41.0 Å². The van der Waals surface area contributed by atoms with Crippen molar-refractivity contribution in [2.45, 2.75) is 64.3 Å². The first kappa shape index (κ1) is 56.6. The van der Waals surface area contributed by atoms with Crippen LogP contribution in [0.4, 0.5) is 10.6 Å². The second-order valence-corrected chi connectivity index (χ2v) is 23.8. The van der Waals surface area contributed by atoms with Gasteiger partial charge in [-0.25, -0.2) is 39.7 Å². The standard InChI is InChI=1S/C51H50N12O10S6/c1-23(2)27-15-33(65)38-24(3)78-49(62-38)29(16-36(66)52-4)55-43(69)31-20-74-45(57-31)26-11-12-28(47-59-35(22-77-47)60-51(71)73-14-13-64)54-39(26)30-19-75-48(56-30)32-21-76-50(58-32)41(42(68)25-9-7-6-8-10-25)61-37(67)17-53-44(70)40-34(18-72-5)79-46(27)63-40/h6-12,19-23,27,29,41-42,64,68H,13-18H2,1-5H3,(H,52,66)(H,53,70)(H,55,69)(H,60,71)(H,61,67)/t27-,29+,41+,42+/m1/s1. The van der Waals surface area contributed by atoms with Crippen LogP contribution in [0.2, 0.25) is 0 Å². The Balaban J connectivity index is 1.13. The molecular weight excluding hydrogens is 1130 g/mol. The smallest absolute Gasteiger partial charge is 0.412 e. The summed E-state index contributed by atoms with van der Waals surface area (Å²) in [6.07, 6.45) is -2.30. The van der Waals surface area contributed by atoms with Crippen LogP contribution in [-0.2, 0) is 25.7 Å². The van der Waals surface area contributed by atoms with Crippen molar-refractivity contribution in [2.75, 3.05) is 39.2 Å². The number of aromatic nitrogens is 7. The van der Waals surface area contributed by atoms with E-state index in [0.717, 1.165) is 0 Å². The fourth-order valence-corrected chi connectivity index (χ4v) is 13.7. The van der Waals surface area contributed by atoms with Crippen molar-refractivity contribution in [3.63, 3.8) is 0 Å². The molecule has 22 nitrogen and oxygen atoms in total. The summed E-state index contributed by atoms with van der Waals surface area (Å²) in [6, 6.07) is 10.2. The zero-order valence-corrected chi connectivity index (χ0v) is 47.6. The first-order valence-corrected chi connectivity index (χ1v) is 29.5. The van der Waals surface area contributed by atoms with E-state index in [0.29, 0.717) is 73.7 Å². The van der Waals surface area contributed by atoms with E-state index in [1.165, 1.54) is 82.2 Å². The van der Waals surface area contributed by atoms with Crippen LogP contribution in [0.25, 0.3) is 43.4 Å². The van der Waals surface area contributed by atoms with Crippen LogP contribution in [0.1, 0.15) is 113 Å². The number of aryl methyl sites for hydroxylation is 1. The summed E-state index contributed by atoms with van der Waals surface area (Å²) in [5.74, 6) is -2.98. The molecule has 79 heavy (non-hydrogen) atoms. The monoisotopic (exact) mass is 1180 g/mol. The Labute approximate surface area is 475 Å². The van der Waals surface area contributed by atoms with Gasteiger partial charge in [0, 0.05) is 58.5 Å². The Kier molecular flexibility index (Phi) is 18.1. The molecule has 8 heterocycles. The zero-order chi connectivity index (χ0) is 55.9. The number of amides is 5. The lowest BCUT2D eigenvalue weighted by Gasteiger charge is -2.23. The number of rotatable bonds is 11. The van der Waals surface area contributed by atoms with E-state index < -0.39 is 54.5 Å². The van der Waals surface area contributed by atoms with Gasteiger partial charge in [0.05, 0.1) is 47.8 Å². The molecule has 10 bridgehead atoms. The normalized spacial score (nSPS) is 16.6. The minimum atomic E-state index is -1.27. The van der Waals surface area contributed by atoms with Crippen molar-refractivity contribution in [2.24, 2.45) is 5.92 Å². The molecule has 0 saturated heterocycles. The molecule has 0 fully saturated rings. The molecule has 4 atom stereocenters. The molecule has 7 N–H and O–H groups in total. The number of fused-ring (bicyclic) bond motifs is 14. The predicted octanol–water partition coefficient (Wildman–Crippen LogP) is 7.74. The van der Waals surface area contributed by atoms with Crippen LogP contribution in [-0.4, -0.2) is 115 Å². The van der Waals surface area contributed by atoms with E-state index >= 15 is 0 Å². The molecule has 0 radical (unpaired) electrons. The van der Waals surface area contributed by atoms with Gasteiger partial charge in [0.25, 0.3) is 11.8 Å². The second kappa shape index (κ2) is 25.3. The fourth-order valence-electron chi connectivity index (χ4n) is 8.18. The quantitative estimate of drug-likeness (QED) is 0.0651. The number of aliphatic hydroxyl groups excluding tert-OH is 2. The number of aliphatic hydroxyl groups is 2. The molecule has 0 saturated carbocycles. The third kappa shape index (κ3) is 13.1. The van der Waals surface area contributed by atoms with Gasteiger partial charge in [-0.2, -0.15) is 0 Å². The molecule has 0 spiro atoms. The number of pyridine rings is 1. The number of hydrogen-bond donors (Lipinski definition) is 7. The summed E-state index contributed by atoms with van der Waals surface area (Å²) in [7, 11) is 2.96. The predicted molar refractivity (Wildman–Crippen MR) is 300 cm³/mol. The number of carbonyl (C=O) groups is 6. The number of nitrogens with one attached hydrogen (secondary N) is 5. The average molecular weight is 1180 g/mol. The number of nitrogens with zero attached hydrogens (tertiary/aromatic N) is 7. The molecule has 1 aliphatic heterocycles. The highest BCUT2D eigenvalue weighted by Crippen LogP contribution is 2.41. The van der Waals surface area contributed by atoms with Gasteiger partial charge in [0.2, 0.25) is 11.8 Å². The number of thiazole rings is 6. The molecule has 0 aliphatic carbocycles. The Morgan fingerprint density at radius 2 is 1.48 bits per heavy atom. The molecule has 1 aliphatic rings. The molecule has 9 rings (SSSR count). The third-order valence-electron chi connectivity index (χ3n) is 12.2. The van der Waals surface area contributed by atoms with Crippen LogP contribution in [0.15, 0.2) is 64.0 Å². The molecule has 0 unspecified atom stereocenters. The number of ketones is 1. The van der Waals surface area contributed by atoms with Gasteiger partial charge in [-0.05, 0) is 30.5 Å². The second-order valence-electron chi connectivity index (χ2n) is 17.9. The first-order valence-electron chi connectivity index (χ1n) is 24.3. The lowest BCUT2D eigenvalue weighted by atomic mass is 9.90. The summed E-state index contributed by atoms with van der Waals surface area (Å²) in [4.78, 5) is 116. The molecule has 7 aromatic heterocycles. The summed E-state index contributed by atoms with van der Waals surface area (Å²) in [5.41, 5.74) is 2.85. The van der Waals surface area contributed by atoms with Gasteiger partial charge in [-0.1, -0.05) is 44.2 Å². The Morgan fingerprint density at radius 3 is 2.24 bits per heavy atom. The number of benzene rings is 1. The topological polar surface area (TPSA) is 312 Å². The van der Waals surface area contributed by atoms with Crippen LogP contribution in [0, 0.1) is 12.8 Å². The van der Waals surface area contributed by atoms with Gasteiger partial charge >= 0.3 is 6.09 Å². The largest absolute Gasteiger partial charge is 0.447 e. The van der Waals surface area contributed by atoms with Crippen molar-refractivity contribution in [1.29, 1.82) is 0 Å². The number of hydrogen-bond acceptors (Lipinski definition) is 23. The Morgan fingerprint density at radius 1 is 0.759 bits per heavy atom. The minimum absolute atomic E-state index is 0.0304. The highest BCUT2D eigenvalue weighted by molar-refractivity contribution is 7.15. The van der Waals surface area contributed by atoms with E-state index in [1.807, 2.05) is 13.8 Å². The van der Waals surface area contributed by atoms with Gasteiger partial charge in [0.15, 0.2) is 5.78 Å². The Hall–Kier alpha value is -7.15. The number of anilines is 1. The number of carbonyl (C=O) groups excluding carboxylic acids is 6. The number of methoxy groups -OCH3 is 1. The maximum atomic E-state index is 14.3. The highest BCUT2D eigenvalue weighted by atomic mass is 32.1. The van der Waals surface area contributed by atoms with E-state index in [1.54, 1.807) is 70.9 Å². The summed E-state index contributed by atoms with van der Waals surface area (Å²) >= 11 is 7.24. The van der Waals surface area contributed by atoms with E-state index in [2.05, 4.69) is 31.6 Å². The lowest BCUT2D eigenvalue weighted by molar-refractivity contribution is -0.122. The van der Waals surface area contributed by atoms with E-state index in [-0.39, 0.29) is 73.2 Å². The molecule has 5 amide bonds. The maximum absolute atomic E-state index is 14.3. The van der Waals surface area contributed by atoms with Crippen LogP contribution < -0.4 is 26.6 Å². The summed E-state index contributed by atoms with van der Waals surface area (Å²) in [5, 5.41) is 43.8. The zero-order valence-electron chi connectivity index (χ0n) is 42.7. The molecule has 410 valence electrons. The first-order chi connectivity index (χ1) is 38.1. The average Bonchev–Trinajstić information content (AvgIpc) is 4.35. The van der Waals surface area contributed by atoms with Crippen molar-refractivity contribution < 1.29 is 48.5 Å². The third-order valence-corrected chi connectivity index (χ3v) is 17.9. The van der Waals surface area contributed by atoms with Gasteiger partial charge in [0.1, 0.15) is 83.8 Å². The van der Waals surface area contributed by atoms with Crippen molar-refractivity contribution in [3.8, 4) is 43.4 Å². The summed E-state index contributed by atoms with van der Waals surface area (Å²) in [6.45, 7) is 4.62. The fraction of sp³-hybridized carbons (Fsp3) is 0.314. The molecule has 1 aromatic carbocycles. The van der Waals surface area contributed by atoms with Gasteiger partial charge in [-0.3, -0.25) is 29.3 Å². The number of ether oxygens (including phenoxy) is 2.